The lowest BCUT2D eigenvalue weighted by Crippen LogP contribution is -2.42. The van der Waals surface area contributed by atoms with Gasteiger partial charge in [0, 0.05) is 11.0 Å². The van der Waals surface area contributed by atoms with Crippen molar-refractivity contribution in [1.29, 1.82) is 5.26 Å². The van der Waals surface area contributed by atoms with E-state index in [0.29, 0.717) is 16.6 Å². The Morgan fingerprint density at radius 1 is 1.36 bits per heavy atom. The molecule has 0 atom stereocenters. The fraction of sp³-hybridized carbons (Fsp3) is 0.500. The molecule has 1 aliphatic heterocycles. The van der Waals surface area contributed by atoms with E-state index in [0.717, 1.165) is 25.9 Å². The van der Waals surface area contributed by atoms with Crippen LogP contribution in [0.5, 0.6) is 0 Å². The van der Waals surface area contributed by atoms with Crippen LogP contribution in [0, 0.1) is 16.7 Å². The average Bonchev–Trinajstić information content (AvgIpc) is 2.45. The molecule has 0 unspecified atom stereocenters. The molecule has 2 rings (SSSR count). The van der Waals surface area contributed by atoms with Gasteiger partial charge in [-0.2, -0.15) is 5.26 Å². The molecule has 122 valence electrons. The Morgan fingerprint density at radius 2 is 2.00 bits per heavy atom. The zero-order valence-electron chi connectivity index (χ0n) is 12.2. The van der Waals surface area contributed by atoms with Crippen LogP contribution in [0.2, 0.25) is 0 Å². The molecule has 1 aliphatic rings. The minimum atomic E-state index is -3.60. The number of sulfonamides is 1. The summed E-state index contributed by atoms with van der Waals surface area (Å²) < 4.78 is 28.0. The quantitative estimate of drug-likeness (QED) is 0.801. The maximum Gasteiger partial charge on any atom is 0.240 e. The summed E-state index contributed by atoms with van der Waals surface area (Å²) in [7, 11) is -3.60. The first-order chi connectivity index (χ1) is 9.85. The normalized spacial score (nSPS) is 17.3. The average molecular weight is 409 g/mol. The first-order valence-electron chi connectivity index (χ1n) is 6.76. The molecule has 0 saturated carbocycles. The Balaban J connectivity index is 0.00000242. The van der Waals surface area contributed by atoms with Crippen molar-refractivity contribution in [3.05, 3.63) is 28.2 Å². The number of hydrogen-bond acceptors (Lipinski definition) is 4. The first kappa shape index (κ1) is 19.4. The second-order valence-electron chi connectivity index (χ2n) is 5.67. The van der Waals surface area contributed by atoms with Gasteiger partial charge in [-0.05, 0) is 49.5 Å². The van der Waals surface area contributed by atoms with Gasteiger partial charge >= 0.3 is 0 Å². The van der Waals surface area contributed by atoms with Crippen LogP contribution in [0.1, 0.15) is 25.3 Å². The van der Waals surface area contributed by atoms with Crippen LogP contribution in [-0.4, -0.2) is 28.1 Å². The number of rotatable bonds is 4. The Labute approximate surface area is 146 Å². The molecule has 1 fully saturated rings. The van der Waals surface area contributed by atoms with Crippen molar-refractivity contribution < 1.29 is 8.42 Å². The second-order valence-corrected chi connectivity index (χ2v) is 8.36. The fourth-order valence-electron chi connectivity index (χ4n) is 2.34. The van der Waals surface area contributed by atoms with E-state index in [1.165, 1.54) is 12.1 Å². The topological polar surface area (TPSA) is 82.0 Å². The summed E-state index contributed by atoms with van der Waals surface area (Å²) in [4.78, 5) is 0.117. The Morgan fingerprint density at radius 3 is 2.59 bits per heavy atom. The van der Waals surface area contributed by atoms with Gasteiger partial charge < -0.3 is 5.32 Å². The molecule has 8 heteroatoms. The van der Waals surface area contributed by atoms with E-state index >= 15 is 0 Å². The number of hydrogen-bond donors (Lipinski definition) is 2. The van der Waals surface area contributed by atoms with Gasteiger partial charge in [0.2, 0.25) is 10.0 Å². The molecule has 1 aromatic rings. The molecule has 1 aromatic carbocycles. The predicted octanol–water partition coefficient (Wildman–Crippen LogP) is 2.41. The highest BCUT2D eigenvalue weighted by Gasteiger charge is 2.28. The van der Waals surface area contributed by atoms with Gasteiger partial charge in [-0.15, -0.1) is 12.4 Å². The summed E-state index contributed by atoms with van der Waals surface area (Å²) in [5, 5.41) is 12.2. The fourth-order valence-corrected chi connectivity index (χ4v) is 4.26. The lowest BCUT2D eigenvalue weighted by Gasteiger charge is -2.34. The largest absolute Gasteiger partial charge is 0.317 e. The summed E-state index contributed by atoms with van der Waals surface area (Å²) in [6.07, 6.45) is 1.88. The second kappa shape index (κ2) is 7.75. The van der Waals surface area contributed by atoms with E-state index < -0.39 is 10.0 Å². The SMILES string of the molecule is CC1(CNS(=O)(=O)c2cc(Br)cc(C#N)c2)CCNCC1.Cl. The Hall–Kier alpha value is -0.650. The number of nitrogens with one attached hydrogen (secondary N) is 2. The van der Waals surface area contributed by atoms with Crippen LogP contribution in [0.3, 0.4) is 0 Å². The summed E-state index contributed by atoms with van der Waals surface area (Å²) in [5.74, 6) is 0. The number of piperidine rings is 1. The summed E-state index contributed by atoms with van der Waals surface area (Å²) in [6.45, 7) is 4.32. The van der Waals surface area contributed by atoms with Gasteiger partial charge in [0.1, 0.15) is 0 Å². The molecule has 0 amide bonds. The number of nitrogens with zero attached hydrogens (tertiary/aromatic N) is 1. The molecule has 2 N–H and O–H groups in total. The lowest BCUT2D eigenvalue weighted by atomic mass is 9.81. The van der Waals surface area contributed by atoms with Gasteiger partial charge in [0.25, 0.3) is 0 Å². The molecule has 1 saturated heterocycles. The summed E-state index contributed by atoms with van der Waals surface area (Å²) in [6, 6.07) is 6.45. The molecule has 0 aliphatic carbocycles. The first-order valence-corrected chi connectivity index (χ1v) is 9.03. The van der Waals surface area contributed by atoms with E-state index in [4.69, 9.17) is 5.26 Å². The predicted molar refractivity (Wildman–Crippen MR) is 91.5 cm³/mol. The van der Waals surface area contributed by atoms with E-state index in [-0.39, 0.29) is 22.7 Å². The maximum absolute atomic E-state index is 12.4. The van der Waals surface area contributed by atoms with Gasteiger partial charge in [-0.3, -0.25) is 0 Å². The van der Waals surface area contributed by atoms with Crippen molar-refractivity contribution in [2.24, 2.45) is 5.41 Å². The third-order valence-corrected chi connectivity index (χ3v) is 5.65. The summed E-state index contributed by atoms with van der Waals surface area (Å²) in [5.41, 5.74) is 0.292. The third kappa shape index (κ3) is 4.93. The Kier molecular flexibility index (Phi) is 6.84. The molecule has 0 bridgehead atoms. The highest BCUT2D eigenvalue weighted by Crippen LogP contribution is 2.27. The molecule has 22 heavy (non-hydrogen) atoms. The van der Waals surface area contributed by atoms with Crippen molar-refractivity contribution in [3.63, 3.8) is 0 Å². The molecular weight excluding hydrogens is 390 g/mol. The summed E-state index contributed by atoms with van der Waals surface area (Å²) >= 11 is 3.23. The molecule has 0 spiro atoms. The van der Waals surface area contributed by atoms with Crippen molar-refractivity contribution >= 4 is 38.4 Å². The van der Waals surface area contributed by atoms with Gasteiger partial charge in [0.15, 0.2) is 0 Å². The van der Waals surface area contributed by atoms with E-state index in [9.17, 15) is 8.42 Å². The van der Waals surface area contributed by atoms with Crippen LogP contribution in [0.25, 0.3) is 0 Å². The van der Waals surface area contributed by atoms with Crippen LogP contribution < -0.4 is 10.0 Å². The highest BCUT2D eigenvalue weighted by molar-refractivity contribution is 9.10. The van der Waals surface area contributed by atoms with Gasteiger partial charge in [0.05, 0.1) is 16.5 Å². The van der Waals surface area contributed by atoms with E-state index in [1.54, 1.807) is 6.07 Å². The number of halogens is 2. The molecule has 0 radical (unpaired) electrons. The number of benzene rings is 1. The minimum Gasteiger partial charge on any atom is -0.317 e. The van der Waals surface area contributed by atoms with Crippen molar-refractivity contribution in [3.8, 4) is 6.07 Å². The third-order valence-electron chi connectivity index (χ3n) is 3.81. The molecule has 1 heterocycles. The van der Waals surface area contributed by atoms with Crippen molar-refractivity contribution in [1.82, 2.24) is 10.0 Å². The van der Waals surface area contributed by atoms with E-state index in [1.807, 2.05) is 6.07 Å². The van der Waals surface area contributed by atoms with Crippen LogP contribution >= 0.6 is 28.3 Å². The molecule has 5 nitrogen and oxygen atoms in total. The van der Waals surface area contributed by atoms with E-state index in [2.05, 4.69) is 32.9 Å². The molecular formula is C14H19BrClN3O2S. The lowest BCUT2D eigenvalue weighted by molar-refractivity contribution is 0.232. The van der Waals surface area contributed by atoms with Gasteiger partial charge in [-0.1, -0.05) is 22.9 Å². The highest BCUT2D eigenvalue weighted by atomic mass is 79.9. The van der Waals surface area contributed by atoms with Crippen molar-refractivity contribution in [2.45, 2.75) is 24.7 Å². The smallest absolute Gasteiger partial charge is 0.240 e. The molecule has 0 aromatic heterocycles. The Bertz CT molecular complexity index is 667. The zero-order valence-corrected chi connectivity index (χ0v) is 15.4. The zero-order chi connectivity index (χ0) is 15.5. The monoisotopic (exact) mass is 407 g/mol. The van der Waals surface area contributed by atoms with Gasteiger partial charge in [-0.25, -0.2) is 13.1 Å². The van der Waals surface area contributed by atoms with Crippen LogP contribution in [-0.2, 0) is 10.0 Å². The standard InChI is InChI=1S/C14H18BrN3O2S.ClH/c1-14(2-4-17-5-3-14)10-18-21(19,20)13-7-11(9-16)6-12(15)8-13;/h6-8,17-18H,2-5,10H2,1H3;1H. The van der Waals surface area contributed by atoms with Crippen LogP contribution in [0.15, 0.2) is 27.6 Å². The van der Waals surface area contributed by atoms with Crippen LogP contribution in [0.4, 0.5) is 0 Å². The minimum absolute atomic E-state index is 0. The maximum atomic E-state index is 12.4. The number of nitriles is 1. The van der Waals surface area contributed by atoms with Crippen molar-refractivity contribution in [2.75, 3.05) is 19.6 Å².